The van der Waals surface area contributed by atoms with Crippen molar-refractivity contribution < 1.29 is 20.1 Å². The van der Waals surface area contributed by atoms with Crippen LogP contribution in [-0.2, 0) is 4.79 Å². The number of carboxylic acid groups (broad SMARTS) is 1. The van der Waals surface area contributed by atoms with E-state index in [0.29, 0.717) is 12.8 Å². The Hall–Kier alpha value is -1.13. The van der Waals surface area contributed by atoms with E-state index in [-0.39, 0.29) is 17.8 Å². The number of aliphatic hydroxyl groups is 2. The molecule has 0 spiro atoms. The molecule has 134 valence electrons. The molecule has 24 heavy (non-hydrogen) atoms. The van der Waals surface area contributed by atoms with E-state index in [0.717, 1.165) is 19.3 Å². The molecule has 0 aromatic rings. The quantitative estimate of drug-likeness (QED) is 0.725. The number of carboxylic acids is 1. The van der Waals surface area contributed by atoms with Crippen molar-refractivity contribution in [2.75, 3.05) is 0 Å². The van der Waals surface area contributed by atoms with Gasteiger partial charge >= 0.3 is 5.97 Å². The first-order valence-corrected chi connectivity index (χ1v) is 9.10. The molecule has 4 nitrogen and oxygen atoms in total. The molecule has 3 N–H and O–H groups in total. The average molecular weight is 334 g/mol. The summed E-state index contributed by atoms with van der Waals surface area (Å²) in [5.41, 5.74) is -2.30. The lowest BCUT2D eigenvalue weighted by atomic mass is 9.40. The molecule has 0 heterocycles. The second kappa shape index (κ2) is 5.43. The van der Waals surface area contributed by atoms with Gasteiger partial charge in [-0.2, -0.15) is 0 Å². The second-order valence-corrected chi connectivity index (χ2v) is 8.63. The van der Waals surface area contributed by atoms with Crippen LogP contribution in [0, 0.1) is 28.6 Å². The summed E-state index contributed by atoms with van der Waals surface area (Å²) in [6, 6.07) is 0. The van der Waals surface area contributed by atoms with Crippen LogP contribution in [0.15, 0.2) is 24.3 Å². The summed E-state index contributed by atoms with van der Waals surface area (Å²) in [6.45, 7) is 9.67. The minimum absolute atomic E-state index is 0.184. The highest BCUT2D eigenvalue weighted by atomic mass is 16.4. The van der Waals surface area contributed by atoms with Gasteiger partial charge in [0.25, 0.3) is 0 Å². The molecule has 0 bridgehead atoms. The SMILES string of the molecule is C=CC1=CCC2C(CC(O)C3(O)C(C)(C(=O)O)CCCC23C)C1C. The molecular formula is C20H30O4. The molecule has 2 fully saturated rings. The molecule has 3 aliphatic carbocycles. The predicted molar refractivity (Wildman–Crippen MR) is 92.3 cm³/mol. The number of hydrogen-bond donors (Lipinski definition) is 3. The molecule has 2 saturated carbocycles. The number of fused-ring (bicyclic) bond motifs is 3. The maximum Gasteiger partial charge on any atom is 0.312 e. The summed E-state index contributed by atoms with van der Waals surface area (Å²) in [5, 5.41) is 32.5. The summed E-state index contributed by atoms with van der Waals surface area (Å²) >= 11 is 0. The highest BCUT2D eigenvalue weighted by molar-refractivity contribution is 5.76. The first kappa shape index (κ1) is 17.7. The molecule has 0 aromatic carbocycles. The summed E-state index contributed by atoms with van der Waals surface area (Å²) in [6.07, 6.45) is 6.26. The molecule has 3 aliphatic rings. The lowest BCUT2D eigenvalue weighted by molar-refractivity contribution is -0.288. The number of aliphatic hydroxyl groups excluding tert-OH is 1. The average Bonchev–Trinajstić information content (AvgIpc) is 2.52. The number of carbonyl (C=O) groups is 1. The largest absolute Gasteiger partial charge is 0.481 e. The zero-order valence-electron chi connectivity index (χ0n) is 15.0. The van der Waals surface area contributed by atoms with E-state index in [1.807, 2.05) is 13.0 Å². The fraction of sp³-hybridized carbons (Fsp3) is 0.750. The number of allylic oxidation sites excluding steroid dienone is 3. The Kier molecular flexibility index (Phi) is 4.00. The Labute approximate surface area is 144 Å². The Morgan fingerprint density at radius 2 is 2.04 bits per heavy atom. The first-order valence-electron chi connectivity index (χ1n) is 9.10. The molecule has 0 saturated heterocycles. The standard InChI is InChI=1S/C20H30O4/c1-5-13-7-8-15-14(12(13)2)11-16(21)20(24)18(15,3)9-6-10-19(20,4)17(22)23/h5,7,12,14-16,21,24H,1,6,8-11H2,2-4H3,(H,22,23). The van der Waals surface area contributed by atoms with Crippen LogP contribution in [0.5, 0.6) is 0 Å². The minimum Gasteiger partial charge on any atom is -0.481 e. The Morgan fingerprint density at radius 3 is 2.62 bits per heavy atom. The Bertz CT molecular complexity index is 596. The van der Waals surface area contributed by atoms with Crippen LogP contribution in [0.3, 0.4) is 0 Å². The number of aliphatic carboxylic acids is 1. The zero-order chi connectivity index (χ0) is 17.9. The third kappa shape index (κ3) is 1.90. The highest BCUT2D eigenvalue weighted by Gasteiger charge is 2.72. The van der Waals surface area contributed by atoms with Crippen molar-refractivity contribution in [1.29, 1.82) is 0 Å². The smallest absolute Gasteiger partial charge is 0.312 e. The van der Waals surface area contributed by atoms with Gasteiger partial charge in [0.15, 0.2) is 0 Å². The molecule has 0 aromatic heterocycles. The summed E-state index contributed by atoms with van der Waals surface area (Å²) in [7, 11) is 0. The lowest BCUT2D eigenvalue weighted by Crippen LogP contribution is -2.74. The first-order chi connectivity index (χ1) is 11.1. The molecule has 0 radical (unpaired) electrons. The van der Waals surface area contributed by atoms with Gasteiger partial charge in [0.1, 0.15) is 5.60 Å². The van der Waals surface area contributed by atoms with Crippen LogP contribution in [0.4, 0.5) is 0 Å². The Balaban J connectivity index is 2.13. The van der Waals surface area contributed by atoms with E-state index in [4.69, 9.17) is 0 Å². The predicted octanol–water partition coefficient (Wildman–Crippen LogP) is 3.15. The van der Waals surface area contributed by atoms with Crippen molar-refractivity contribution in [3.8, 4) is 0 Å². The fourth-order valence-electron chi connectivity index (χ4n) is 6.32. The van der Waals surface area contributed by atoms with Crippen LogP contribution >= 0.6 is 0 Å². The van der Waals surface area contributed by atoms with Crippen molar-refractivity contribution in [2.24, 2.45) is 28.6 Å². The van der Waals surface area contributed by atoms with E-state index in [2.05, 4.69) is 19.6 Å². The van der Waals surface area contributed by atoms with Gasteiger partial charge in [0.2, 0.25) is 0 Å². The molecule has 7 unspecified atom stereocenters. The number of rotatable bonds is 2. The summed E-state index contributed by atoms with van der Waals surface area (Å²) in [5.74, 6) is -0.294. The third-order valence-electron chi connectivity index (χ3n) is 7.88. The van der Waals surface area contributed by atoms with Crippen LogP contribution in [0.1, 0.15) is 52.9 Å². The van der Waals surface area contributed by atoms with E-state index in [9.17, 15) is 20.1 Å². The third-order valence-corrected chi connectivity index (χ3v) is 7.88. The van der Waals surface area contributed by atoms with Crippen molar-refractivity contribution in [3.05, 3.63) is 24.3 Å². The van der Waals surface area contributed by atoms with Crippen LogP contribution < -0.4 is 0 Å². The van der Waals surface area contributed by atoms with Gasteiger partial charge in [0.05, 0.1) is 11.5 Å². The lowest BCUT2D eigenvalue weighted by Gasteiger charge is -2.66. The van der Waals surface area contributed by atoms with Gasteiger partial charge in [-0.25, -0.2) is 0 Å². The van der Waals surface area contributed by atoms with Gasteiger partial charge in [-0.15, -0.1) is 0 Å². The molecular weight excluding hydrogens is 304 g/mol. The van der Waals surface area contributed by atoms with Crippen LogP contribution in [0.25, 0.3) is 0 Å². The maximum absolute atomic E-state index is 12.1. The summed E-state index contributed by atoms with van der Waals surface area (Å²) in [4.78, 5) is 12.1. The van der Waals surface area contributed by atoms with E-state index >= 15 is 0 Å². The van der Waals surface area contributed by atoms with Gasteiger partial charge in [-0.1, -0.05) is 39.0 Å². The van der Waals surface area contributed by atoms with E-state index in [1.165, 1.54) is 5.57 Å². The highest BCUT2D eigenvalue weighted by Crippen LogP contribution is 2.66. The van der Waals surface area contributed by atoms with Gasteiger partial charge in [0, 0.05) is 5.41 Å². The topological polar surface area (TPSA) is 77.8 Å². The molecule has 4 heteroatoms. The maximum atomic E-state index is 12.1. The van der Waals surface area contributed by atoms with E-state index < -0.39 is 28.5 Å². The summed E-state index contributed by atoms with van der Waals surface area (Å²) < 4.78 is 0. The molecule has 7 atom stereocenters. The fourth-order valence-corrected chi connectivity index (χ4v) is 6.32. The monoisotopic (exact) mass is 334 g/mol. The zero-order valence-corrected chi connectivity index (χ0v) is 15.0. The van der Waals surface area contributed by atoms with Crippen molar-refractivity contribution in [3.63, 3.8) is 0 Å². The number of hydrogen-bond acceptors (Lipinski definition) is 3. The molecule has 0 amide bonds. The van der Waals surface area contributed by atoms with Crippen molar-refractivity contribution >= 4 is 5.97 Å². The van der Waals surface area contributed by atoms with Crippen LogP contribution in [0.2, 0.25) is 0 Å². The van der Waals surface area contributed by atoms with Crippen molar-refractivity contribution in [1.82, 2.24) is 0 Å². The van der Waals surface area contributed by atoms with Crippen LogP contribution in [-0.4, -0.2) is 33.0 Å². The van der Waals surface area contributed by atoms with Gasteiger partial charge in [-0.05, 0) is 55.9 Å². The van der Waals surface area contributed by atoms with Gasteiger partial charge in [-0.3, -0.25) is 4.79 Å². The normalized spacial score (nSPS) is 51.1. The van der Waals surface area contributed by atoms with Crippen molar-refractivity contribution in [2.45, 2.75) is 64.6 Å². The van der Waals surface area contributed by atoms with Gasteiger partial charge < -0.3 is 15.3 Å². The minimum atomic E-state index is -1.59. The van der Waals surface area contributed by atoms with E-state index in [1.54, 1.807) is 6.92 Å². The Morgan fingerprint density at radius 1 is 1.38 bits per heavy atom. The second-order valence-electron chi connectivity index (χ2n) is 8.63. The molecule has 3 rings (SSSR count). The molecule has 0 aliphatic heterocycles.